The molecule has 2 heteroatoms. The molecule has 0 amide bonds. The summed E-state index contributed by atoms with van der Waals surface area (Å²) in [6.45, 7) is 0. The standard InChI is InChI=1S/C11H14N2/c12-11(13-10-7-4-8-10)9-5-2-1-3-6-9/h1-3,5-6,10H,4,7-8H2,(H2,12,13). The Labute approximate surface area is 78.5 Å². The van der Waals surface area contributed by atoms with E-state index in [1.807, 2.05) is 30.3 Å². The quantitative estimate of drug-likeness (QED) is 0.540. The minimum absolute atomic E-state index is 0.486. The molecule has 0 bridgehead atoms. The van der Waals surface area contributed by atoms with Gasteiger partial charge in [0.15, 0.2) is 0 Å². The predicted molar refractivity (Wildman–Crippen MR) is 54.8 cm³/mol. The van der Waals surface area contributed by atoms with Crippen molar-refractivity contribution in [1.29, 1.82) is 0 Å². The zero-order valence-electron chi connectivity index (χ0n) is 7.61. The summed E-state index contributed by atoms with van der Waals surface area (Å²) in [5.74, 6) is 0.685. The highest BCUT2D eigenvalue weighted by Gasteiger charge is 2.16. The van der Waals surface area contributed by atoms with E-state index in [2.05, 4.69) is 4.99 Å². The number of amidine groups is 1. The number of aliphatic imine (C=N–C) groups is 1. The molecule has 2 nitrogen and oxygen atoms in total. The van der Waals surface area contributed by atoms with E-state index in [1.165, 1.54) is 19.3 Å². The van der Waals surface area contributed by atoms with Gasteiger partial charge in [-0.05, 0) is 19.3 Å². The fraction of sp³-hybridized carbons (Fsp3) is 0.364. The van der Waals surface area contributed by atoms with Crippen molar-refractivity contribution in [2.45, 2.75) is 25.3 Å². The van der Waals surface area contributed by atoms with Crippen molar-refractivity contribution >= 4 is 5.84 Å². The Hall–Kier alpha value is -1.31. The van der Waals surface area contributed by atoms with Crippen LogP contribution in [0.25, 0.3) is 0 Å². The maximum Gasteiger partial charge on any atom is 0.125 e. The molecule has 1 aromatic rings. The molecular formula is C11H14N2. The van der Waals surface area contributed by atoms with Gasteiger partial charge in [-0.15, -0.1) is 0 Å². The largest absolute Gasteiger partial charge is 0.383 e. The third kappa shape index (κ3) is 1.89. The van der Waals surface area contributed by atoms with Crippen LogP contribution in [0.3, 0.4) is 0 Å². The maximum absolute atomic E-state index is 5.86. The molecule has 0 unspecified atom stereocenters. The van der Waals surface area contributed by atoms with Crippen LogP contribution in [-0.4, -0.2) is 11.9 Å². The van der Waals surface area contributed by atoms with Gasteiger partial charge in [0, 0.05) is 5.56 Å². The smallest absolute Gasteiger partial charge is 0.125 e. The van der Waals surface area contributed by atoms with E-state index >= 15 is 0 Å². The number of benzene rings is 1. The lowest BCUT2D eigenvalue weighted by atomic mass is 9.94. The van der Waals surface area contributed by atoms with Crippen molar-refractivity contribution in [2.24, 2.45) is 10.7 Å². The maximum atomic E-state index is 5.86. The highest BCUT2D eigenvalue weighted by Crippen LogP contribution is 2.22. The molecule has 0 radical (unpaired) electrons. The second kappa shape index (κ2) is 3.60. The molecule has 1 aromatic carbocycles. The summed E-state index contributed by atoms with van der Waals surface area (Å²) in [6, 6.07) is 10.4. The number of nitrogens with zero attached hydrogens (tertiary/aromatic N) is 1. The predicted octanol–water partition coefficient (Wildman–Crippen LogP) is 1.94. The molecule has 0 aliphatic heterocycles. The van der Waals surface area contributed by atoms with E-state index in [9.17, 15) is 0 Å². The van der Waals surface area contributed by atoms with Crippen LogP contribution in [0.5, 0.6) is 0 Å². The van der Waals surface area contributed by atoms with Crippen LogP contribution in [0.4, 0.5) is 0 Å². The van der Waals surface area contributed by atoms with Crippen LogP contribution < -0.4 is 5.73 Å². The van der Waals surface area contributed by atoms with E-state index in [-0.39, 0.29) is 0 Å². The summed E-state index contributed by atoms with van der Waals surface area (Å²) < 4.78 is 0. The first-order chi connectivity index (χ1) is 6.36. The Kier molecular flexibility index (Phi) is 2.30. The van der Waals surface area contributed by atoms with Crippen molar-refractivity contribution in [3.63, 3.8) is 0 Å². The average molecular weight is 174 g/mol. The summed E-state index contributed by atoms with van der Waals surface area (Å²) in [5.41, 5.74) is 6.89. The number of nitrogens with two attached hydrogens (primary N) is 1. The van der Waals surface area contributed by atoms with Gasteiger partial charge < -0.3 is 5.73 Å². The van der Waals surface area contributed by atoms with E-state index < -0.39 is 0 Å². The lowest BCUT2D eigenvalue weighted by Crippen LogP contribution is -2.22. The van der Waals surface area contributed by atoms with Gasteiger partial charge in [0.05, 0.1) is 6.04 Å². The fourth-order valence-electron chi connectivity index (χ4n) is 1.40. The highest BCUT2D eigenvalue weighted by atomic mass is 14.9. The van der Waals surface area contributed by atoms with Gasteiger partial charge in [-0.3, -0.25) is 4.99 Å². The molecule has 0 saturated heterocycles. The molecule has 2 rings (SSSR count). The molecule has 1 aliphatic rings. The normalized spacial score (nSPS) is 18.3. The minimum Gasteiger partial charge on any atom is -0.383 e. The van der Waals surface area contributed by atoms with Crippen molar-refractivity contribution in [2.75, 3.05) is 0 Å². The van der Waals surface area contributed by atoms with E-state index in [0.29, 0.717) is 11.9 Å². The third-order valence-corrected chi connectivity index (χ3v) is 2.47. The van der Waals surface area contributed by atoms with Crippen LogP contribution in [0.2, 0.25) is 0 Å². The summed E-state index contributed by atoms with van der Waals surface area (Å²) in [7, 11) is 0. The summed E-state index contributed by atoms with van der Waals surface area (Å²) in [6.07, 6.45) is 3.71. The van der Waals surface area contributed by atoms with Crippen molar-refractivity contribution in [3.05, 3.63) is 35.9 Å². The first kappa shape index (κ1) is 8.30. The van der Waals surface area contributed by atoms with Gasteiger partial charge in [0.1, 0.15) is 5.84 Å². The van der Waals surface area contributed by atoms with Crippen LogP contribution in [0, 0.1) is 0 Å². The second-order valence-electron chi connectivity index (χ2n) is 3.47. The van der Waals surface area contributed by atoms with E-state index in [1.54, 1.807) is 0 Å². The molecule has 68 valence electrons. The first-order valence-electron chi connectivity index (χ1n) is 4.75. The zero-order chi connectivity index (χ0) is 9.10. The summed E-state index contributed by atoms with van der Waals surface area (Å²) in [5, 5.41) is 0. The van der Waals surface area contributed by atoms with Gasteiger partial charge in [0.2, 0.25) is 0 Å². The van der Waals surface area contributed by atoms with Crippen molar-refractivity contribution in [3.8, 4) is 0 Å². The van der Waals surface area contributed by atoms with Gasteiger partial charge in [-0.2, -0.15) is 0 Å². The van der Waals surface area contributed by atoms with Crippen LogP contribution in [0.15, 0.2) is 35.3 Å². The highest BCUT2D eigenvalue weighted by molar-refractivity contribution is 5.97. The number of hydrogen-bond acceptors (Lipinski definition) is 1. The average Bonchev–Trinajstić information content (AvgIpc) is 2.12. The topological polar surface area (TPSA) is 38.4 Å². The lowest BCUT2D eigenvalue weighted by Gasteiger charge is -2.21. The number of hydrogen-bond donors (Lipinski definition) is 1. The van der Waals surface area contributed by atoms with Crippen molar-refractivity contribution in [1.82, 2.24) is 0 Å². The van der Waals surface area contributed by atoms with Crippen molar-refractivity contribution < 1.29 is 0 Å². The molecular weight excluding hydrogens is 160 g/mol. The first-order valence-corrected chi connectivity index (χ1v) is 4.75. The van der Waals surface area contributed by atoms with Crippen LogP contribution in [0.1, 0.15) is 24.8 Å². The Balaban J connectivity index is 2.11. The summed E-state index contributed by atoms with van der Waals surface area (Å²) >= 11 is 0. The molecule has 2 N–H and O–H groups in total. The molecule has 1 saturated carbocycles. The SMILES string of the molecule is NC(=NC1CCC1)c1ccccc1. The molecule has 0 heterocycles. The second-order valence-corrected chi connectivity index (χ2v) is 3.47. The van der Waals surface area contributed by atoms with Gasteiger partial charge >= 0.3 is 0 Å². The Bertz CT molecular complexity index is 299. The molecule has 13 heavy (non-hydrogen) atoms. The molecule has 0 atom stereocenters. The number of rotatable bonds is 2. The van der Waals surface area contributed by atoms with E-state index in [4.69, 9.17) is 5.73 Å². The zero-order valence-corrected chi connectivity index (χ0v) is 7.61. The lowest BCUT2D eigenvalue weighted by molar-refractivity contribution is 0.420. The Morgan fingerprint density at radius 2 is 1.92 bits per heavy atom. The summed E-state index contributed by atoms with van der Waals surface area (Å²) in [4.78, 5) is 4.45. The monoisotopic (exact) mass is 174 g/mol. The third-order valence-electron chi connectivity index (χ3n) is 2.47. The molecule has 1 aliphatic carbocycles. The van der Waals surface area contributed by atoms with Gasteiger partial charge in [-0.25, -0.2) is 0 Å². The van der Waals surface area contributed by atoms with Crippen LogP contribution >= 0.6 is 0 Å². The van der Waals surface area contributed by atoms with E-state index in [0.717, 1.165) is 5.56 Å². The molecule has 0 aromatic heterocycles. The molecule has 1 fully saturated rings. The molecule has 0 spiro atoms. The Morgan fingerprint density at radius 1 is 1.23 bits per heavy atom. The Morgan fingerprint density at radius 3 is 2.46 bits per heavy atom. The fourth-order valence-corrected chi connectivity index (χ4v) is 1.40. The van der Waals surface area contributed by atoms with Crippen LogP contribution in [-0.2, 0) is 0 Å². The van der Waals surface area contributed by atoms with Gasteiger partial charge in [-0.1, -0.05) is 30.3 Å². The van der Waals surface area contributed by atoms with Gasteiger partial charge in [0.25, 0.3) is 0 Å². The minimum atomic E-state index is 0.486.